The van der Waals surface area contributed by atoms with Crippen molar-refractivity contribution in [2.75, 3.05) is 0 Å². The second-order valence-electron chi connectivity index (χ2n) is 5.94. The number of nitrogens with zero attached hydrogens (tertiary/aromatic N) is 1. The molecule has 1 aliphatic heterocycles. The Morgan fingerprint density at radius 3 is 2.67 bits per heavy atom. The first kappa shape index (κ1) is 13.0. The molecule has 0 unspecified atom stereocenters. The van der Waals surface area contributed by atoms with Crippen LogP contribution in [0.4, 0.5) is 0 Å². The number of hydrogen-bond acceptors (Lipinski definition) is 3. The molecule has 0 saturated carbocycles. The Hall–Kier alpha value is -1.42. The van der Waals surface area contributed by atoms with Crippen LogP contribution >= 0.6 is 0 Å². The third-order valence-corrected chi connectivity index (χ3v) is 3.30. The first-order valence-electron chi connectivity index (χ1n) is 6.21. The molecule has 0 spiro atoms. The number of rotatable bonds is 2. The van der Waals surface area contributed by atoms with E-state index in [4.69, 9.17) is 4.74 Å². The van der Waals surface area contributed by atoms with Gasteiger partial charge in [-0.2, -0.15) is 0 Å². The Balaban J connectivity index is 2.09. The van der Waals surface area contributed by atoms with Crippen LogP contribution in [0, 0.1) is 0 Å². The average Bonchev–Trinajstić information content (AvgIpc) is 2.48. The van der Waals surface area contributed by atoms with Crippen LogP contribution in [0.3, 0.4) is 0 Å². The largest absolute Gasteiger partial charge is 0.367 e. The van der Waals surface area contributed by atoms with Crippen LogP contribution in [-0.2, 0) is 4.74 Å². The van der Waals surface area contributed by atoms with E-state index >= 15 is 0 Å². The summed E-state index contributed by atoms with van der Waals surface area (Å²) in [6, 6.07) is 3.53. The van der Waals surface area contributed by atoms with Gasteiger partial charge in [0, 0.05) is 12.4 Å². The predicted molar refractivity (Wildman–Crippen MR) is 69.4 cm³/mol. The molecular formula is C14H20N2O2. The molecule has 1 N–H and O–H groups in total. The molecule has 1 aromatic rings. The van der Waals surface area contributed by atoms with Crippen molar-refractivity contribution in [3.05, 3.63) is 30.1 Å². The zero-order valence-corrected chi connectivity index (χ0v) is 11.4. The van der Waals surface area contributed by atoms with Gasteiger partial charge in [-0.25, -0.2) is 0 Å². The molecular weight excluding hydrogens is 228 g/mol. The molecule has 1 aliphatic rings. The Morgan fingerprint density at radius 1 is 1.44 bits per heavy atom. The van der Waals surface area contributed by atoms with E-state index in [-0.39, 0.29) is 23.2 Å². The van der Waals surface area contributed by atoms with Crippen LogP contribution in [-0.4, -0.2) is 28.1 Å². The highest BCUT2D eigenvalue weighted by molar-refractivity contribution is 5.94. The maximum Gasteiger partial charge on any atom is 0.253 e. The molecule has 2 heterocycles. The van der Waals surface area contributed by atoms with E-state index in [1.54, 1.807) is 24.5 Å². The lowest BCUT2D eigenvalue weighted by atomic mass is 9.94. The lowest BCUT2D eigenvalue weighted by Crippen LogP contribution is -2.46. The van der Waals surface area contributed by atoms with Crippen LogP contribution in [0.15, 0.2) is 24.5 Å². The first-order valence-corrected chi connectivity index (χ1v) is 6.21. The van der Waals surface area contributed by atoms with Crippen molar-refractivity contribution in [2.24, 2.45) is 0 Å². The highest BCUT2D eigenvalue weighted by atomic mass is 16.5. The van der Waals surface area contributed by atoms with Gasteiger partial charge in [0.25, 0.3) is 5.91 Å². The van der Waals surface area contributed by atoms with Gasteiger partial charge in [-0.1, -0.05) is 0 Å². The molecule has 1 saturated heterocycles. The fourth-order valence-electron chi connectivity index (χ4n) is 2.53. The molecule has 0 aromatic carbocycles. The summed E-state index contributed by atoms with van der Waals surface area (Å²) in [4.78, 5) is 16.0. The monoisotopic (exact) mass is 248 g/mol. The smallest absolute Gasteiger partial charge is 0.253 e. The van der Waals surface area contributed by atoms with E-state index in [0.29, 0.717) is 5.56 Å². The second kappa shape index (κ2) is 4.35. The van der Waals surface area contributed by atoms with Crippen molar-refractivity contribution in [3.63, 3.8) is 0 Å². The highest BCUT2D eigenvalue weighted by Gasteiger charge is 2.46. The fourth-order valence-corrected chi connectivity index (χ4v) is 2.53. The molecule has 1 atom stereocenters. The predicted octanol–water partition coefficient (Wildman–Crippen LogP) is 2.16. The lowest BCUT2D eigenvalue weighted by Gasteiger charge is -2.27. The van der Waals surface area contributed by atoms with Gasteiger partial charge < -0.3 is 10.1 Å². The third kappa shape index (κ3) is 2.70. The minimum absolute atomic E-state index is 0.0141. The van der Waals surface area contributed by atoms with E-state index in [2.05, 4.69) is 10.3 Å². The maximum absolute atomic E-state index is 12.1. The average molecular weight is 248 g/mol. The molecule has 1 aromatic heterocycles. The van der Waals surface area contributed by atoms with E-state index in [9.17, 15) is 4.79 Å². The molecule has 2 rings (SSSR count). The topological polar surface area (TPSA) is 51.2 Å². The van der Waals surface area contributed by atoms with Gasteiger partial charge in [0.1, 0.15) is 0 Å². The van der Waals surface area contributed by atoms with E-state index in [0.717, 1.165) is 6.42 Å². The molecule has 4 heteroatoms. The van der Waals surface area contributed by atoms with E-state index in [1.165, 1.54) is 0 Å². The normalized spacial score (nSPS) is 24.8. The lowest BCUT2D eigenvalue weighted by molar-refractivity contribution is -0.0693. The summed E-state index contributed by atoms with van der Waals surface area (Å²) in [5.41, 5.74) is 0.0376. The number of ether oxygens (including phenoxy) is 1. The number of amides is 1. The van der Waals surface area contributed by atoms with Crippen molar-refractivity contribution in [2.45, 2.75) is 51.4 Å². The zero-order chi connectivity index (χ0) is 13.4. The van der Waals surface area contributed by atoms with Crippen LogP contribution in [0.5, 0.6) is 0 Å². The standard InChI is InChI=1S/C14H20N2O2/c1-13(2)8-11(14(3,4)18-13)16-12(17)10-6-5-7-15-9-10/h5-7,9,11H,8H2,1-4H3,(H,16,17)/t11-/m0/s1. The van der Waals surface area contributed by atoms with Crippen molar-refractivity contribution in [1.29, 1.82) is 0 Å². The van der Waals surface area contributed by atoms with Crippen molar-refractivity contribution in [3.8, 4) is 0 Å². The fraction of sp³-hybridized carbons (Fsp3) is 0.571. The summed E-state index contributed by atoms with van der Waals surface area (Å²) in [6.07, 6.45) is 4.04. The minimum Gasteiger partial charge on any atom is -0.367 e. The van der Waals surface area contributed by atoms with Crippen molar-refractivity contribution in [1.82, 2.24) is 10.3 Å². The highest BCUT2D eigenvalue weighted by Crippen LogP contribution is 2.37. The molecule has 18 heavy (non-hydrogen) atoms. The summed E-state index contributed by atoms with van der Waals surface area (Å²) >= 11 is 0. The van der Waals surface area contributed by atoms with Gasteiger partial charge in [0.2, 0.25) is 0 Å². The molecule has 0 bridgehead atoms. The Bertz CT molecular complexity index is 440. The van der Waals surface area contributed by atoms with Crippen LogP contribution in [0.2, 0.25) is 0 Å². The van der Waals surface area contributed by atoms with Gasteiger partial charge in [-0.3, -0.25) is 9.78 Å². The molecule has 98 valence electrons. The zero-order valence-electron chi connectivity index (χ0n) is 11.4. The summed E-state index contributed by atoms with van der Waals surface area (Å²) in [6.45, 7) is 8.11. The molecule has 1 fully saturated rings. The van der Waals surface area contributed by atoms with Crippen molar-refractivity contribution >= 4 is 5.91 Å². The number of aromatic nitrogens is 1. The molecule has 0 aliphatic carbocycles. The van der Waals surface area contributed by atoms with Gasteiger partial charge in [-0.15, -0.1) is 0 Å². The summed E-state index contributed by atoms with van der Waals surface area (Å²) in [5, 5.41) is 3.04. The maximum atomic E-state index is 12.1. The Morgan fingerprint density at radius 2 is 2.17 bits per heavy atom. The van der Waals surface area contributed by atoms with Gasteiger partial charge in [0.15, 0.2) is 0 Å². The summed E-state index contributed by atoms with van der Waals surface area (Å²) in [7, 11) is 0. The van der Waals surface area contributed by atoms with Gasteiger partial charge in [0.05, 0.1) is 22.8 Å². The number of pyridine rings is 1. The summed E-state index contributed by atoms with van der Waals surface area (Å²) in [5.74, 6) is -0.0949. The van der Waals surface area contributed by atoms with Gasteiger partial charge in [-0.05, 0) is 46.2 Å². The number of carbonyl (C=O) groups excluding carboxylic acids is 1. The van der Waals surface area contributed by atoms with E-state index in [1.807, 2.05) is 27.7 Å². The summed E-state index contributed by atoms with van der Waals surface area (Å²) < 4.78 is 5.96. The number of carbonyl (C=O) groups is 1. The quantitative estimate of drug-likeness (QED) is 0.872. The number of nitrogens with one attached hydrogen (secondary N) is 1. The Labute approximate surface area is 108 Å². The molecule has 0 radical (unpaired) electrons. The van der Waals surface area contributed by atoms with E-state index < -0.39 is 0 Å². The minimum atomic E-state index is -0.346. The van der Waals surface area contributed by atoms with Crippen molar-refractivity contribution < 1.29 is 9.53 Å². The molecule has 1 amide bonds. The third-order valence-electron chi connectivity index (χ3n) is 3.30. The SMILES string of the molecule is CC1(C)C[C@H](NC(=O)c2cccnc2)C(C)(C)O1. The Kier molecular flexibility index (Phi) is 3.15. The van der Waals surface area contributed by atoms with Crippen LogP contribution in [0.1, 0.15) is 44.5 Å². The second-order valence-corrected chi connectivity index (χ2v) is 5.94. The van der Waals surface area contributed by atoms with Crippen LogP contribution < -0.4 is 5.32 Å². The van der Waals surface area contributed by atoms with Crippen LogP contribution in [0.25, 0.3) is 0 Å². The molecule has 4 nitrogen and oxygen atoms in total. The van der Waals surface area contributed by atoms with Gasteiger partial charge >= 0.3 is 0 Å². The first-order chi connectivity index (χ1) is 8.30. The number of hydrogen-bond donors (Lipinski definition) is 1.